The van der Waals surface area contributed by atoms with Crippen LogP contribution in [0.3, 0.4) is 0 Å². The van der Waals surface area contributed by atoms with E-state index >= 15 is 0 Å². The largest absolute Gasteiger partial charge is 0.355 e. The smallest absolute Gasteiger partial charge is 0.264 e. The van der Waals surface area contributed by atoms with Crippen molar-refractivity contribution in [1.29, 1.82) is 0 Å². The third-order valence-electron chi connectivity index (χ3n) is 6.12. The fourth-order valence-corrected chi connectivity index (χ4v) is 5.76. The van der Waals surface area contributed by atoms with Crippen molar-refractivity contribution < 1.29 is 22.4 Å². The van der Waals surface area contributed by atoms with Gasteiger partial charge >= 0.3 is 0 Å². The predicted molar refractivity (Wildman–Crippen MR) is 147 cm³/mol. The van der Waals surface area contributed by atoms with Crippen LogP contribution < -0.4 is 9.62 Å². The molecule has 0 saturated carbocycles. The van der Waals surface area contributed by atoms with Crippen molar-refractivity contribution in [1.82, 2.24) is 10.2 Å². The highest BCUT2D eigenvalue weighted by molar-refractivity contribution is 7.92. The molecule has 7 nitrogen and oxygen atoms in total. The normalized spacial score (nSPS) is 12.0. The van der Waals surface area contributed by atoms with Gasteiger partial charge < -0.3 is 10.2 Å². The van der Waals surface area contributed by atoms with Gasteiger partial charge in [0.25, 0.3) is 10.0 Å². The van der Waals surface area contributed by atoms with E-state index in [1.165, 1.54) is 41.3 Å². The van der Waals surface area contributed by atoms with Crippen LogP contribution in [0.2, 0.25) is 5.02 Å². The first kappa shape index (κ1) is 29.1. The van der Waals surface area contributed by atoms with Gasteiger partial charge in [-0.25, -0.2) is 12.8 Å². The number of amides is 2. The molecule has 10 heteroatoms. The van der Waals surface area contributed by atoms with E-state index in [0.29, 0.717) is 29.1 Å². The molecule has 0 heterocycles. The predicted octanol–water partition coefficient (Wildman–Crippen LogP) is 4.93. The van der Waals surface area contributed by atoms with E-state index in [9.17, 15) is 22.4 Å². The van der Waals surface area contributed by atoms with Crippen molar-refractivity contribution in [2.24, 2.45) is 0 Å². The fourth-order valence-electron chi connectivity index (χ4n) is 4.10. The Hall–Kier alpha value is -3.43. The molecule has 0 unspecified atom stereocenters. The summed E-state index contributed by atoms with van der Waals surface area (Å²) in [6.45, 7) is 4.99. The molecule has 202 valence electrons. The number of hydrogen-bond acceptors (Lipinski definition) is 4. The molecule has 0 fully saturated rings. The van der Waals surface area contributed by atoms with Crippen LogP contribution in [-0.2, 0) is 26.2 Å². The summed E-state index contributed by atoms with van der Waals surface area (Å²) in [5, 5.41) is 3.09. The third kappa shape index (κ3) is 6.71. The minimum Gasteiger partial charge on any atom is -0.355 e. The molecule has 0 aliphatic rings. The van der Waals surface area contributed by atoms with Gasteiger partial charge in [0, 0.05) is 18.1 Å². The lowest BCUT2D eigenvalue weighted by atomic mass is 10.1. The fraction of sp³-hybridized carbons (Fsp3) is 0.286. The Kier molecular flexibility index (Phi) is 9.88. The Morgan fingerprint density at radius 2 is 1.63 bits per heavy atom. The van der Waals surface area contributed by atoms with Gasteiger partial charge in [-0.2, -0.15) is 0 Å². The average molecular weight is 560 g/mol. The quantitative estimate of drug-likeness (QED) is 0.361. The van der Waals surface area contributed by atoms with E-state index in [4.69, 9.17) is 11.6 Å². The summed E-state index contributed by atoms with van der Waals surface area (Å²) in [6, 6.07) is 17.4. The van der Waals surface area contributed by atoms with Crippen LogP contribution in [0.5, 0.6) is 0 Å². The molecule has 38 heavy (non-hydrogen) atoms. The van der Waals surface area contributed by atoms with E-state index in [1.807, 2.05) is 0 Å². The summed E-state index contributed by atoms with van der Waals surface area (Å²) in [5.74, 6) is -1.38. The van der Waals surface area contributed by atoms with Crippen LogP contribution in [0.25, 0.3) is 0 Å². The molecule has 0 aromatic heterocycles. The zero-order valence-electron chi connectivity index (χ0n) is 21.5. The Labute approximate surface area is 228 Å². The molecular weight excluding hydrogens is 529 g/mol. The van der Waals surface area contributed by atoms with Gasteiger partial charge in [-0.05, 0) is 67.8 Å². The number of hydrogen-bond donors (Lipinski definition) is 1. The second-order valence-electron chi connectivity index (χ2n) is 8.68. The number of likely N-dealkylation sites (N-methyl/N-ethyl adjacent to an activating group) is 1. The van der Waals surface area contributed by atoms with Crippen LogP contribution >= 0.6 is 11.6 Å². The maximum absolute atomic E-state index is 13.9. The zero-order chi connectivity index (χ0) is 27.9. The van der Waals surface area contributed by atoms with Crippen molar-refractivity contribution >= 4 is 39.1 Å². The van der Waals surface area contributed by atoms with Crippen LogP contribution in [-0.4, -0.2) is 44.3 Å². The summed E-state index contributed by atoms with van der Waals surface area (Å²) in [6.07, 6.45) is 0.292. The molecule has 0 saturated heterocycles. The highest BCUT2D eigenvalue weighted by Gasteiger charge is 2.34. The van der Waals surface area contributed by atoms with E-state index in [2.05, 4.69) is 5.32 Å². The molecule has 0 aliphatic carbocycles. The van der Waals surface area contributed by atoms with Crippen molar-refractivity contribution in [2.75, 3.05) is 17.4 Å². The SMILES string of the molecule is CCNC(=O)[C@H](CC)N(Cc1ccc(F)cc1)C(=O)CN(c1cccc(Cl)c1C)S(=O)(=O)c1ccccc1. The van der Waals surface area contributed by atoms with E-state index in [-0.39, 0.29) is 23.0 Å². The third-order valence-corrected chi connectivity index (χ3v) is 8.30. The first-order valence-electron chi connectivity index (χ1n) is 12.2. The molecule has 2 amide bonds. The van der Waals surface area contributed by atoms with Crippen LogP contribution in [0.1, 0.15) is 31.4 Å². The summed E-state index contributed by atoms with van der Waals surface area (Å²) in [7, 11) is -4.19. The monoisotopic (exact) mass is 559 g/mol. The summed E-state index contributed by atoms with van der Waals surface area (Å²) in [4.78, 5) is 28.2. The van der Waals surface area contributed by atoms with Crippen LogP contribution in [0.15, 0.2) is 77.7 Å². The zero-order valence-corrected chi connectivity index (χ0v) is 23.1. The number of carbonyl (C=O) groups is 2. The summed E-state index contributed by atoms with van der Waals surface area (Å²) < 4.78 is 42.2. The number of nitrogens with zero attached hydrogens (tertiary/aromatic N) is 2. The average Bonchev–Trinajstić information content (AvgIpc) is 2.90. The van der Waals surface area contributed by atoms with Crippen LogP contribution in [0, 0.1) is 12.7 Å². The second kappa shape index (κ2) is 12.9. The number of nitrogens with one attached hydrogen (secondary N) is 1. The first-order chi connectivity index (χ1) is 18.1. The second-order valence-corrected chi connectivity index (χ2v) is 10.9. The lowest BCUT2D eigenvalue weighted by Gasteiger charge is -2.33. The van der Waals surface area contributed by atoms with Gasteiger partial charge in [0.15, 0.2) is 0 Å². The standard InChI is InChI=1S/C28H31ClFN3O4S/c1-4-25(28(35)31-5-2)32(18-21-14-16-22(30)17-15-21)27(34)19-33(26-13-9-12-24(29)20(26)3)38(36,37)23-10-7-6-8-11-23/h6-17,25H,4-5,18-19H2,1-3H3,(H,31,35)/t25-/m0/s1. The molecule has 0 bridgehead atoms. The number of anilines is 1. The Balaban J connectivity index is 2.09. The molecular formula is C28H31ClFN3O4S. The van der Waals surface area contributed by atoms with Crippen molar-refractivity contribution in [3.05, 3.63) is 94.8 Å². The number of carbonyl (C=O) groups excluding carboxylic acids is 2. The molecule has 0 aliphatic heterocycles. The Morgan fingerprint density at radius 1 is 0.974 bits per heavy atom. The highest BCUT2D eigenvalue weighted by Crippen LogP contribution is 2.31. The van der Waals surface area contributed by atoms with E-state index < -0.39 is 34.3 Å². The topological polar surface area (TPSA) is 86.8 Å². The first-order valence-corrected chi connectivity index (χ1v) is 14.1. The lowest BCUT2D eigenvalue weighted by Crippen LogP contribution is -2.52. The number of sulfonamides is 1. The highest BCUT2D eigenvalue weighted by atomic mass is 35.5. The number of halogens is 2. The van der Waals surface area contributed by atoms with Gasteiger partial charge in [0.2, 0.25) is 11.8 Å². The Morgan fingerprint density at radius 3 is 2.24 bits per heavy atom. The summed E-state index contributed by atoms with van der Waals surface area (Å²) in [5.41, 5.74) is 1.34. The minimum absolute atomic E-state index is 0.00743. The summed E-state index contributed by atoms with van der Waals surface area (Å²) >= 11 is 6.32. The number of rotatable bonds is 11. The molecule has 1 N–H and O–H groups in total. The van der Waals surface area contributed by atoms with Gasteiger partial charge in [-0.15, -0.1) is 0 Å². The van der Waals surface area contributed by atoms with Crippen molar-refractivity contribution in [3.8, 4) is 0 Å². The van der Waals surface area contributed by atoms with E-state index in [1.54, 1.807) is 57.2 Å². The maximum atomic E-state index is 13.9. The van der Waals surface area contributed by atoms with Gasteiger partial charge in [0.05, 0.1) is 10.6 Å². The van der Waals surface area contributed by atoms with Gasteiger partial charge in [-0.3, -0.25) is 13.9 Å². The van der Waals surface area contributed by atoms with Gasteiger partial charge in [0.1, 0.15) is 18.4 Å². The van der Waals surface area contributed by atoms with Crippen molar-refractivity contribution in [2.45, 2.75) is 44.7 Å². The maximum Gasteiger partial charge on any atom is 0.264 e. The molecule has 1 atom stereocenters. The molecule has 0 radical (unpaired) electrons. The van der Waals surface area contributed by atoms with Gasteiger partial charge in [-0.1, -0.05) is 54.9 Å². The molecule has 0 spiro atoms. The molecule has 3 rings (SSSR count). The number of benzene rings is 3. The van der Waals surface area contributed by atoms with Crippen molar-refractivity contribution in [3.63, 3.8) is 0 Å². The minimum atomic E-state index is -4.19. The Bertz CT molecular complexity index is 1370. The van der Waals surface area contributed by atoms with Crippen LogP contribution in [0.4, 0.5) is 10.1 Å². The lowest BCUT2D eigenvalue weighted by molar-refractivity contribution is -0.140. The molecule has 3 aromatic carbocycles. The molecule has 3 aromatic rings. The van der Waals surface area contributed by atoms with E-state index in [0.717, 1.165) is 4.31 Å².